The number of rotatable bonds is 5. The highest BCUT2D eigenvalue weighted by molar-refractivity contribution is 9.10. The summed E-state index contributed by atoms with van der Waals surface area (Å²) < 4.78 is 10.8. The number of phenolic OH excluding ortho intramolecular Hbond substituents is 1. The van der Waals surface area contributed by atoms with Crippen LogP contribution >= 0.6 is 15.9 Å². The molecule has 0 fully saturated rings. The van der Waals surface area contributed by atoms with E-state index in [4.69, 9.17) is 9.47 Å². The van der Waals surface area contributed by atoms with Gasteiger partial charge >= 0.3 is 0 Å². The monoisotopic (exact) mass is 378 g/mol. The molecule has 6 nitrogen and oxygen atoms in total. The van der Waals surface area contributed by atoms with Crippen molar-refractivity contribution in [1.82, 2.24) is 5.43 Å². The normalized spacial score (nSPS) is 10.6. The molecule has 23 heavy (non-hydrogen) atoms. The van der Waals surface area contributed by atoms with Crippen LogP contribution < -0.4 is 14.9 Å². The average molecular weight is 379 g/mol. The molecular formula is C16H15BrN2O4. The molecule has 0 unspecified atom stereocenters. The molecule has 0 aliphatic heterocycles. The van der Waals surface area contributed by atoms with Gasteiger partial charge in [-0.1, -0.05) is 6.07 Å². The largest absolute Gasteiger partial charge is 0.504 e. The first-order valence-corrected chi connectivity index (χ1v) is 7.39. The first-order chi connectivity index (χ1) is 11.1. The Morgan fingerprint density at radius 2 is 1.96 bits per heavy atom. The standard InChI is InChI=1S/C16H15BrN2O4/c1-22-13-7-6-10(8-12(13)17)16(21)19-18-9-11-4-3-5-14(23-2)15(11)20/h3-9,20H,1-2H3,(H,19,21)/b18-9+. The van der Waals surface area contributed by atoms with E-state index in [0.717, 1.165) is 0 Å². The molecule has 0 aliphatic carbocycles. The van der Waals surface area contributed by atoms with Gasteiger partial charge in [0.05, 0.1) is 24.9 Å². The fraction of sp³-hybridized carbons (Fsp3) is 0.125. The molecule has 0 heterocycles. The number of benzene rings is 2. The van der Waals surface area contributed by atoms with Crippen molar-refractivity contribution in [3.05, 3.63) is 52.0 Å². The van der Waals surface area contributed by atoms with Crippen LogP contribution in [0.1, 0.15) is 15.9 Å². The van der Waals surface area contributed by atoms with Crippen LogP contribution in [0.3, 0.4) is 0 Å². The summed E-state index contributed by atoms with van der Waals surface area (Å²) in [6, 6.07) is 9.92. The summed E-state index contributed by atoms with van der Waals surface area (Å²) in [5, 5.41) is 13.8. The number of methoxy groups -OCH3 is 2. The molecule has 120 valence electrons. The number of nitrogens with zero attached hydrogens (tertiary/aromatic N) is 1. The van der Waals surface area contributed by atoms with Gasteiger partial charge < -0.3 is 14.6 Å². The summed E-state index contributed by atoms with van der Waals surface area (Å²) in [7, 11) is 3.00. The summed E-state index contributed by atoms with van der Waals surface area (Å²) in [5.41, 5.74) is 3.25. The highest BCUT2D eigenvalue weighted by atomic mass is 79.9. The Balaban J connectivity index is 2.08. The summed E-state index contributed by atoms with van der Waals surface area (Å²) in [6.45, 7) is 0. The fourth-order valence-electron chi connectivity index (χ4n) is 1.84. The van der Waals surface area contributed by atoms with Crippen molar-refractivity contribution >= 4 is 28.1 Å². The van der Waals surface area contributed by atoms with Crippen LogP contribution in [0.15, 0.2) is 46.0 Å². The Morgan fingerprint density at radius 1 is 1.22 bits per heavy atom. The third-order valence-corrected chi connectivity index (χ3v) is 3.65. The van der Waals surface area contributed by atoms with Gasteiger partial charge in [-0.2, -0.15) is 5.10 Å². The Kier molecular flexibility index (Phi) is 5.59. The molecule has 0 aliphatic rings. The van der Waals surface area contributed by atoms with E-state index in [-0.39, 0.29) is 11.7 Å². The van der Waals surface area contributed by atoms with E-state index in [1.54, 1.807) is 43.5 Å². The van der Waals surface area contributed by atoms with Crippen molar-refractivity contribution in [2.45, 2.75) is 0 Å². The second-order valence-corrected chi connectivity index (χ2v) is 5.30. The molecule has 2 aromatic rings. The van der Waals surface area contributed by atoms with Crippen molar-refractivity contribution in [2.75, 3.05) is 14.2 Å². The lowest BCUT2D eigenvalue weighted by molar-refractivity contribution is 0.0955. The van der Waals surface area contributed by atoms with Crippen LogP contribution in [-0.4, -0.2) is 31.4 Å². The Morgan fingerprint density at radius 3 is 2.61 bits per heavy atom. The molecule has 1 amide bonds. The Bertz CT molecular complexity index is 747. The molecule has 0 bridgehead atoms. The van der Waals surface area contributed by atoms with Crippen molar-refractivity contribution in [2.24, 2.45) is 5.10 Å². The number of ether oxygens (including phenoxy) is 2. The van der Waals surface area contributed by atoms with Gasteiger partial charge in [-0.05, 0) is 46.3 Å². The first-order valence-electron chi connectivity index (χ1n) is 6.59. The van der Waals surface area contributed by atoms with Gasteiger partial charge in [-0.3, -0.25) is 4.79 Å². The molecule has 2 aromatic carbocycles. The van der Waals surface area contributed by atoms with Crippen LogP contribution in [0.4, 0.5) is 0 Å². The maximum atomic E-state index is 12.0. The van der Waals surface area contributed by atoms with E-state index in [9.17, 15) is 9.90 Å². The van der Waals surface area contributed by atoms with Gasteiger partial charge in [-0.15, -0.1) is 0 Å². The third-order valence-electron chi connectivity index (χ3n) is 3.03. The van der Waals surface area contributed by atoms with Gasteiger partial charge in [-0.25, -0.2) is 5.43 Å². The van der Waals surface area contributed by atoms with Gasteiger partial charge in [0.2, 0.25) is 0 Å². The van der Waals surface area contributed by atoms with E-state index in [2.05, 4.69) is 26.5 Å². The van der Waals surface area contributed by atoms with E-state index in [1.165, 1.54) is 13.3 Å². The lowest BCUT2D eigenvalue weighted by Crippen LogP contribution is -2.17. The maximum absolute atomic E-state index is 12.0. The number of amides is 1. The zero-order valence-electron chi connectivity index (χ0n) is 12.5. The second kappa shape index (κ2) is 7.64. The predicted octanol–water partition coefficient (Wildman–Crippen LogP) is 2.94. The molecule has 2 rings (SSSR count). The molecule has 0 saturated carbocycles. The minimum atomic E-state index is -0.382. The average Bonchev–Trinajstić information content (AvgIpc) is 2.56. The number of hydrogen-bond donors (Lipinski definition) is 2. The lowest BCUT2D eigenvalue weighted by Gasteiger charge is -2.06. The molecule has 0 spiro atoms. The number of carbonyl (C=O) groups is 1. The Labute approximate surface area is 141 Å². The smallest absolute Gasteiger partial charge is 0.271 e. The first kappa shape index (κ1) is 16.8. The minimum absolute atomic E-state index is 0.0415. The summed E-state index contributed by atoms with van der Waals surface area (Å²) in [6.07, 6.45) is 1.34. The van der Waals surface area contributed by atoms with Crippen LogP contribution in [-0.2, 0) is 0 Å². The predicted molar refractivity (Wildman–Crippen MR) is 90.4 cm³/mol. The highest BCUT2D eigenvalue weighted by Crippen LogP contribution is 2.28. The highest BCUT2D eigenvalue weighted by Gasteiger charge is 2.08. The molecule has 2 N–H and O–H groups in total. The molecule has 0 aromatic heterocycles. The molecular weight excluding hydrogens is 364 g/mol. The maximum Gasteiger partial charge on any atom is 0.271 e. The molecule has 7 heteroatoms. The zero-order chi connectivity index (χ0) is 16.8. The number of hydrazone groups is 1. The Hall–Kier alpha value is -2.54. The molecule has 0 atom stereocenters. The van der Waals surface area contributed by atoms with Crippen LogP contribution in [0.2, 0.25) is 0 Å². The number of nitrogens with one attached hydrogen (secondary N) is 1. The van der Waals surface area contributed by atoms with Crippen molar-refractivity contribution in [1.29, 1.82) is 0 Å². The summed E-state index contributed by atoms with van der Waals surface area (Å²) in [4.78, 5) is 12.0. The van der Waals surface area contributed by atoms with Gasteiger partial charge in [0.15, 0.2) is 11.5 Å². The minimum Gasteiger partial charge on any atom is -0.504 e. The fourth-order valence-corrected chi connectivity index (χ4v) is 2.38. The van der Waals surface area contributed by atoms with E-state index in [0.29, 0.717) is 27.1 Å². The van der Waals surface area contributed by atoms with Gasteiger partial charge in [0.25, 0.3) is 5.91 Å². The molecule has 0 radical (unpaired) electrons. The van der Waals surface area contributed by atoms with E-state index in [1.807, 2.05) is 0 Å². The van der Waals surface area contributed by atoms with Gasteiger partial charge in [0.1, 0.15) is 5.75 Å². The zero-order valence-corrected chi connectivity index (χ0v) is 14.1. The van der Waals surface area contributed by atoms with Crippen LogP contribution in [0.5, 0.6) is 17.2 Å². The quantitative estimate of drug-likeness (QED) is 0.619. The summed E-state index contributed by atoms with van der Waals surface area (Å²) >= 11 is 3.32. The van der Waals surface area contributed by atoms with Crippen molar-refractivity contribution in [3.8, 4) is 17.2 Å². The van der Waals surface area contributed by atoms with Crippen molar-refractivity contribution in [3.63, 3.8) is 0 Å². The lowest BCUT2D eigenvalue weighted by atomic mass is 10.2. The van der Waals surface area contributed by atoms with Crippen molar-refractivity contribution < 1.29 is 19.4 Å². The second-order valence-electron chi connectivity index (χ2n) is 4.45. The van der Waals surface area contributed by atoms with E-state index < -0.39 is 0 Å². The van der Waals surface area contributed by atoms with E-state index >= 15 is 0 Å². The summed E-state index contributed by atoms with van der Waals surface area (Å²) in [5.74, 6) is 0.540. The number of halogens is 1. The van der Waals surface area contributed by atoms with Crippen LogP contribution in [0.25, 0.3) is 0 Å². The van der Waals surface area contributed by atoms with Gasteiger partial charge in [0, 0.05) is 11.1 Å². The third kappa shape index (κ3) is 4.01. The van der Waals surface area contributed by atoms with Crippen LogP contribution in [0, 0.1) is 0 Å². The SMILES string of the molecule is COc1ccc(C(=O)N/N=C/c2cccc(OC)c2O)cc1Br. The number of para-hydroxylation sites is 1. The topological polar surface area (TPSA) is 80.2 Å². The number of carbonyl (C=O) groups excluding carboxylic acids is 1. The number of phenols is 1. The number of aromatic hydroxyl groups is 1. The molecule has 0 saturated heterocycles. The number of hydrogen-bond acceptors (Lipinski definition) is 5.